The van der Waals surface area contributed by atoms with E-state index < -0.39 is 7.38 Å². The summed E-state index contributed by atoms with van der Waals surface area (Å²) in [4.78, 5) is 0. The highest BCUT2D eigenvalue weighted by Crippen LogP contribution is 2.50. The van der Waals surface area contributed by atoms with Gasteiger partial charge in [-0.25, -0.2) is 0 Å². The van der Waals surface area contributed by atoms with Crippen LogP contribution >= 0.6 is 11.1 Å². The van der Waals surface area contributed by atoms with Crippen molar-refractivity contribution in [1.82, 2.24) is 0 Å². The first kappa shape index (κ1) is 51.9. The normalized spacial score (nSPS) is 11.4. The molecule has 12 aromatic rings. The van der Waals surface area contributed by atoms with Crippen LogP contribution in [0.3, 0.4) is 0 Å². The summed E-state index contributed by atoms with van der Waals surface area (Å²) in [5, 5.41) is 3.48. The van der Waals surface area contributed by atoms with E-state index in [0.29, 0.717) is 0 Å². The van der Waals surface area contributed by atoms with Crippen LogP contribution in [0.25, 0.3) is 100 Å². The maximum Gasteiger partial charge on any atom is 0.251 e. The highest BCUT2D eigenvalue weighted by atomic mass is 35.6. The van der Waals surface area contributed by atoms with Gasteiger partial charge in [0.2, 0.25) is 0 Å². The number of hydrogen-bond donors (Lipinski definition) is 0. The van der Waals surface area contributed by atoms with Gasteiger partial charge in [0, 0.05) is 0 Å². The third-order valence-corrected chi connectivity index (χ3v) is 22.1. The van der Waals surface area contributed by atoms with Crippen LogP contribution in [0.2, 0.25) is 0 Å². The Labute approximate surface area is 479 Å². The van der Waals surface area contributed by atoms with E-state index in [1.165, 1.54) is 66.8 Å². The minimum absolute atomic E-state index is 1.11. The molecule has 12 rings (SSSR count). The maximum atomic E-state index is 10.5. The van der Waals surface area contributed by atoms with Gasteiger partial charge in [0.05, 0.1) is 0 Å². The lowest BCUT2D eigenvalue weighted by atomic mass is 9.83. The summed E-state index contributed by atoms with van der Waals surface area (Å²) in [6.45, 7) is 14.1. The molecular weight excluding hydrogens is 1000 g/mol. The molecule has 0 unspecified atom stereocenters. The zero-order chi connectivity index (χ0) is 54.9. The Kier molecular flexibility index (Phi) is 14.3. The minimum atomic E-state index is -4.43. The second-order valence-corrected chi connectivity index (χ2v) is 25.7. The lowest BCUT2D eigenvalue weighted by Crippen LogP contribution is -2.66. The average Bonchev–Trinajstić information content (AvgIpc) is 3.55. The van der Waals surface area contributed by atoms with E-state index in [1.54, 1.807) is 0 Å². The van der Waals surface area contributed by atoms with Gasteiger partial charge in [-0.05, 0) is 191 Å². The molecule has 0 nitrogen and oxygen atoms in total. The standard InChI is InChI=1S/C78H63ClSi/c1-52-55(4)70(61-40-22-10-23-41-61)76(73(64-46-28-13-29-47-64)67(52)58-34-16-7-17-35-58)80(79,77-71(62-42-24-11-25-43-62)56(5)53(2)68(59-36-18-8-19-37-59)74(77)65-48-30-14-31-49-65)78-72(63-44-26-12-27-45-63)57(6)54(3)69(60-38-20-9-21-39-60)75(78)66-50-32-15-33-51-66/h7-51H,1-6H3. The van der Waals surface area contributed by atoms with E-state index in [0.717, 1.165) is 82.3 Å². The third-order valence-electron chi connectivity index (χ3n) is 16.8. The summed E-state index contributed by atoms with van der Waals surface area (Å²) in [5.74, 6) is 0. The molecule has 12 aromatic carbocycles. The Balaban J connectivity index is 1.51. The van der Waals surface area contributed by atoms with Crippen LogP contribution in [0, 0.1) is 41.5 Å². The number of hydrogen-bond acceptors (Lipinski definition) is 0. The van der Waals surface area contributed by atoms with Crippen molar-refractivity contribution >= 4 is 34.0 Å². The topological polar surface area (TPSA) is 0 Å². The van der Waals surface area contributed by atoms with Gasteiger partial charge >= 0.3 is 0 Å². The predicted molar refractivity (Wildman–Crippen MR) is 347 cm³/mol. The lowest BCUT2D eigenvalue weighted by Gasteiger charge is -2.41. The molecular formula is C78H63ClSi. The Bertz CT molecular complexity index is 3730. The summed E-state index contributed by atoms with van der Waals surface area (Å²) in [7, 11) is -4.43. The SMILES string of the molecule is Cc1c(C)c(-c2ccccc2)c([Si](Cl)(c2c(-c3ccccc3)c(C)c(C)c(-c3ccccc3)c2-c2ccccc2)c2c(-c3ccccc3)c(C)c(C)c(-c3ccccc3)c2-c2ccccc2)c(-c2ccccc2)c1-c1ccccc1. The molecule has 0 aliphatic carbocycles. The summed E-state index contributed by atoms with van der Waals surface area (Å²) in [6, 6.07) is 100. The van der Waals surface area contributed by atoms with E-state index >= 15 is 0 Å². The molecule has 2 heteroatoms. The molecule has 386 valence electrons. The predicted octanol–water partition coefficient (Wildman–Crippen LogP) is 19.7. The monoisotopic (exact) mass is 1060 g/mol. The van der Waals surface area contributed by atoms with Crippen LogP contribution in [0.15, 0.2) is 273 Å². The van der Waals surface area contributed by atoms with E-state index in [9.17, 15) is 11.1 Å². The fraction of sp³-hybridized carbons (Fsp3) is 0.0769. The van der Waals surface area contributed by atoms with Gasteiger partial charge in [0.25, 0.3) is 7.38 Å². The van der Waals surface area contributed by atoms with Crippen LogP contribution in [0.1, 0.15) is 33.4 Å². The third kappa shape index (κ3) is 8.98. The van der Waals surface area contributed by atoms with Crippen molar-refractivity contribution in [3.63, 3.8) is 0 Å². The first-order chi connectivity index (χ1) is 39.2. The number of halogens is 1. The van der Waals surface area contributed by atoms with Gasteiger partial charge in [-0.2, -0.15) is 0 Å². The van der Waals surface area contributed by atoms with Gasteiger partial charge in [0.1, 0.15) is 0 Å². The van der Waals surface area contributed by atoms with E-state index in [1.807, 2.05) is 0 Å². The first-order valence-corrected chi connectivity index (χ1v) is 30.9. The van der Waals surface area contributed by atoms with Crippen LogP contribution < -0.4 is 15.6 Å². The van der Waals surface area contributed by atoms with Crippen LogP contribution in [-0.2, 0) is 0 Å². The highest BCUT2D eigenvalue weighted by molar-refractivity contribution is 7.42. The van der Waals surface area contributed by atoms with E-state index in [4.69, 9.17) is 0 Å². The van der Waals surface area contributed by atoms with Gasteiger partial charge in [-0.15, -0.1) is 11.1 Å². The molecule has 0 amide bonds. The molecule has 0 radical (unpaired) electrons. The summed E-state index contributed by atoms with van der Waals surface area (Å²) < 4.78 is 0. The lowest BCUT2D eigenvalue weighted by molar-refractivity contribution is 1.34. The highest BCUT2D eigenvalue weighted by Gasteiger charge is 2.51. The smallest absolute Gasteiger partial charge is 0.149 e. The Morgan fingerprint density at radius 1 is 0.175 bits per heavy atom. The molecule has 0 aliphatic heterocycles. The summed E-state index contributed by atoms with van der Waals surface area (Å²) in [5.41, 5.74) is 27.9. The van der Waals surface area contributed by atoms with Crippen molar-refractivity contribution < 1.29 is 0 Å². The Hall–Kier alpha value is -8.85. The second-order valence-electron chi connectivity index (χ2n) is 21.2. The average molecular weight is 1060 g/mol. The van der Waals surface area contributed by atoms with E-state index in [2.05, 4.69) is 315 Å². The zero-order valence-corrected chi connectivity index (χ0v) is 48.1. The fourth-order valence-electron chi connectivity index (χ4n) is 12.9. The second kappa shape index (κ2) is 22.1. The van der Waals surface area contributed by atoms with Crippen molar-refractivity contribution in [2.75, 3.05) is 0 Å². The van der Waals surface area contributed by atoms with Gasteiger partial charge < -0.3 is 0 Å². The van der Waals surface area contributed by atoms with Crippen LogP contribution in [-0.4, -0.2) is 7.38 Å². The van der Waals surface area contributed by atoms with Gasteiger partial charge in [-0.1, -0.05) is 273 Å². The minimum Gasteiger partial charge on any atom is -0.149 e. The number of benzene rings is 12. The zero-order valence-electron chi connectivity index (χ0n) is 46.4. The Morgan fingerprint density at radius 3 is 0.463 bits per heavy atom. The summed E-state index contributed by atoms with van der Waals surface area (Å²) in [6.07, 6.45) is 0. The van der Waals surface area contributed by atoms with Gasteiger partial charge in [-0.3, -0.25) is 0 Å². The van der Waals surface area contributed by atoms with Crippen LogP contribution in [0.4, 0.5) is 0 Å². The molecule has 0 N–H and O–H groups in total. The largest absolute Gasteiger partial charge is 0.251 e. The van der Waals surface area contributed by atoms with Crippen molar-refractivity contribution in [2.24, 2.45) is 0 Å². The van der Waals surface area contributed by atoms with Crippen molar-refractivity contribution in [3.05, 3.63) is 306 Å². The number of rotatable bonds is 12. The van der Waals surface area contributed by atoms with Crippen molar-refractivity contribution in [2.45, 2.75) is 41.5 Å². The van der Waals surface area contributed by atoms with E-state index in [-0.39, 0.29) is 0 Å². The molecule has 0 aromatic heterocycles. The van der Waals surface area contributed by atoms with Crippen LogP contribution in [0.5, 0.6) is 0 Å². The molecule has 0 bridgehead atoms. The van der Waals surface area contributed by atoms with Gasteiger partial charge in [0.15, 0.2) is 0 Å². The fourth-order valence-corrected chi connectivity index (χ4v) is 19.2. The molecule has 0 fully saturated rings. The summed E-state index contributed by atoms with van der Waals surface area (Å²) >= 11 is 10.5. The molecule has 0 aliphatic rings. The quantitative estimate of drug-likeness (QED) is 0.0650. The Morgan fingerprint density at radius 2 is 0.300 bits per heavy atom. The maximum absolute atomic E-state index is 10.5. The molecule has 0 spiro atoms. The molecule has 80 heavy (non-hydrogen) atoms. The molecule has 0 heterocycles. The first-order valence-electron chi connectivity index (χ1n) is 27.9. The molecule has 0 atom stereocenters. The molecule has 0 saturated heterocycles. The molecule has 0 saturated carbocycles. The van der Waals surface area contributed by atoms with Crippen molar-refractivity contribution in [1.29, 1.82) is 0 Å². The van der Waals surface area contributed by atoms with Crippen molar-refractivity contribution in [3.8, 4) is 100 Å².